The van der Waals surface area contributed by atoms with E-state index in [1.807, 2.05) is 11.9 Å². The average Bonchev–Trinajstić information content (AvgIpc) is 2.36. The molecular formula is C12H22N4O2. The highest BCUT2D eigenvalue weighted by Gasteiger charge is 2.03. The van der Waals surface area contributed by atoms with E-state index < -0.39 is 0 Å². The maximum absolute atomic E-state index is 11.8. The van der Waals surface area contributed by atoms with Gasteiger partial charge in [0.1, 0.15) is 0 Å². The predicted molar refractivity (Wildman–Crippen MR) is 71.8 cm³/mol. The minimum absolute atomic E-state index is 0.0969. The van der Waals surface area contributed by atoms with Gasteiger partial charge in [-0.1, -0.05) is 0 Å². The second-order valence-electron chi connectivity index (χ2n) is 4.27. The Kier molecular flexibility index (Phi) is 6.38. The zero-order valence-electron chi connectivity index (χ0n) is 10.9. The van der Waals surface area contributed by atoms with Crippen molar-refractivity contribution < 1.29 is 5.11 Å². The maximum atomic E-state index is 11.8. The lowest BCUT2D eigenvalue weighted by atomic mass is 10.2. The smallest absolute Gasteiger partial charge is 0.268 e. The molecule has 1 heterocycles. The Morgan fingerprint density at radius 2 is 2.22 bits per heavy atom. The van der Waals surface area contributed by atoms with Crippen LogP contribution in [-0.4, -0.2) is 41.6 Å². The van der Waals surface area contributed by atoms with Crippen LogP contribution >= 0.6 is 0 Å². The molecule has 3 N–H and O–H groups in total. The number of aliphatic hydroxyl groups is 1. The van der Waals surface area contributed by atoms with Gasteiger partial charge in [-0.2, -0.15) is 5.10 Å². The number of unbranched alkanes of at least 4 members (excludes halogenated alkanes) is 2. The third-order valence-corrected chi connectivity index (χ3v) is 2.79. The van der Waals surface area contributed by atoms with E-state index in [-0.39, 0.29) is 12.2 Å². The van der Waals surface area contributed by atoms with Crippen molar-refractivity contribution in [1.82, 2.24) is 9.78 Å². The third kappa shape index (κ3) is 4.46. The lowest BCUT2D eigenvalue weighted by Gasteiger charge is -2.17. The highest BCUT2D eigenvalue weighted by Crippen LogP contribution is 2.06. The monoisotopic (exact) mass is 254 g/mol. The van der Waals surface area contributed by atoms with Crippen LogP contribution in [-0.2, 0) is 6.54 Å². The van der Waals surface area contributed by atoms with Crippen LogP contribution in [0.25, 0.3) is 0 Å². The quantitative estimate of drug-likeness (QED) is 0.628. The van der Waals surface area contributed by atoms with Crippen LogP contribution in [0.1, 0.15) is 19.3 Å². The van der Waals surface area contributed by atoms with E-state index in [1.165, 1.54) is 4.68 Å². The maximum Gasteiger partial charge on any atom is 0.268 e. The standard InChI is InChI=1S/C12H22N4O2/c1-15(7-5-13)11-9-12(18)16(14-10-11)6-3-2-4-8-17/h9-10,17H,2-8,13H2,1H3. The first-order chi connectivity index (χ1) is 8.69. The van der Waals surface area contributed by atoms with Crippen molar-refractivity contribution in [3.8, 4) is 0 Å². The van der Waals surface area contributed by atoms with Crippen molar-refractivity contribution in [1.29, 1.82) is 0 Å². The summed E-state index contributed by atoms with van der Waals surface area (Å²) < 4.78 is 1.46. The van der Waals surface area contributed by atoms with Crippen LogP contribution in [0.4, 0.5) is 5.69 Å². The molecule has 102 valence electrons. The molecule has 0 aliphatic heterocycles. The summed E-state index contributed by atoms with van der Waals surface area (Å²) in [6.45, 7) is 2.03. The summed E-state index contributed by atoms with van der Waals surface area (Å²) in [6.07, 6.45) is 4.21. The molecular weight excluding hydrogens is 232 g/mol. The fraction of sp³-hybridized carbons (Fsp3) is 0.667. The molecule has 6 heteroatoms. The molecule has 0 aliphatic rings. The minimum atomic E-state index is -0.0969. The lowest BCUT2D eigenvalue weighted by Crippen LogP contribution is -2.29. The van der Waals surface area contributed by atoms with Gasteiger partial charge in [-0.15, -0.1) is 0 Å². The van der Waals surface area contributed by atoms with Gasteiger partial charge in [0.05, 0.1) is 11.9 Å². The van der Waals surface area contributed by atoms with Crippen molar-refractivity contribution in [3.63, 3.8) is 0 Å². The molecule has 1 rings (SSSR count). The van der Waals surface area contributed by atoms with Gasteiger partial charge in [-0.3, -0.25) is 4.79 Å². The van der Waals surface area contributed by atoms with Crippen molar-refractivity contribution in [2.45, 2.75) is 25.8 Å². The molecule has 6 nitrogen and oxygen atoms in total. The normalized spacial score (nSPS) is 10.6. The first-order valence-electron chi connectivity index (χ1n) is 6.28. The molecule has 0 saturated carbocycles. The fourth-order valence-corrected chi connectivity index (χ4v) is 1.67. The summed E-state index contributed by atoms with van der Waals surface area (Å²) in [4.78, 5) is 13.7. The summed E-state index contributed by atoms with van der Waals surface area (Å²) in [6, 6.07) is 1.58. The number of nitrogens with two attached hydrogens (primary N) is 1. The van der Waals surface area contributed by atoms with E-state index in [2.05, 4.69) is 5.10 Å². The molecule has 0 fully saturated rings. The van der Waals surface area contributed by atoms with Crippen LogP contribution in [0.2, 0.25) is 0 Å². The number of hydrogen-bond donors (Lipinski definition) is 2. The van der Waals surface area contributed by atoms with E-state index >= 15 is 0 Å². The average molecular weight is 254 g/mol. The summed E-state index contributed by atoms with van der Waals surface area (Å²) >= 11 is 0. The Balaban J connectivity index is 2.59. The van der Waals surface area contributed by atoms with E-state index in [9.17, 15) is 4.79 Å². The zero-order chi connectivity index (χ0) is 13.4. The number of anilines is 1. The van der Waals surface area contributed by atoms with Gasteiger partial charge in [0.2, 0.25) is 0 Å². The summed E-state index contributed by atoms with van der Waals surface area (Å²) in [7, 11) is 1.88. The molecule has 0 aliphatic carbocycles. The molecule has 1 aromatic rings. The van der Waals surface area contributed by atoms with Crippen LogP contribution in [0.5, 0.6) is 0 Å². The minimum Gasteiger partial charge on any atom is -0.396 e. The number of aliphatic hydroxyl groups excluding tert-OH is 1. The van der Waals surface area contributed by atoms with Gasteiger partial charge in [0.25, 0.3) is 5.56 Å². The molecule has 0 aromatic carbocycles. The van der Waals surface area contributed by atoms with Crippen molar-refractivity contribution in [2.24, 2.45) is 5.73 Å². The summed E-state index contributed by atoms with van der Waals surface area (Å²) in [5, 5.41) is 12.8. The Morgan fingerprint density at radius 3 is 2.83 bits per heavy atom. The van der Waals surface area contributed by atoms with Gasteiger partial charge >= 0.3 is 0 Å². The van der Waals surface area contributed by atoms with Crippen LogP contribution in [0.3, 0.4) is 0 Å². The second-order valence-corrected chi connectivity index (χ2v) is 4.27. The Bertz CT molecular complexity index is 405. The first-order valence-corrected chi connectivity index (χ1v) is 6.28. The van der Waals surface area contributed by atoms with Crippen LogP contribution in [0, 0.1) is 0 Å². The Morgan fingerprint density at radius 1 is 1.44 bits per heavy atom. The van der Waals surface area contributed by atoms with Crippen molar-refractivity contribution in [3.05, 3.63) is 22.6 Å². The van der Waals surface area contributed by atoms with Crippen LogP contribution in [0.15, 0.2) is 17.1 Å². The molecule has 0 amide bonds. The molecule has 0 unspecified atom stereocenters. The Labute approximate surface area is 107 Å². The number of rotatable bonds is 8. The van der Waals surface area contributed by atoms with E-state index in [0.717, 1.165) is 24.9 Å². The number of aryl methyl sites for hydroxylation is 1. The molecule has 0 spiro atoms. The molecule has 0 saturated heterocycles. The number of hydrogen-bond acceptors (Lipinski definition) is 5. The highest BCUT2D eigenvalue weighted by molar-refractivity contribution is 5.41. The number of likely N-dealkylation sites (N-methyl/N-ethyl adjacent to an activating group) is 1. The van der Waals surface area contributed by atoms with Gasteiger partial charge in [-0.25, -0.2) is 4.68 Å². The summed E-state index contributed by atoms with van der Waals surface area (Å²) in [5.74, 6) is 0. The third-order valence-electron chi connectivity index (χ3n) is 2.79. The molecule has 0 bridgehead atoms. The lowest BCUT2D eigenvalue weighted by molar-refractivity contribution is 0.281. The van der Waals surface area contributed by atoms with Crippen LogP contribution < -0.4 is 16.2 Å². The topological polar surface area (TPSA) is 84.4 Å². The van der Waals surface area contributed by atoms with E-state index in [1.54, 1.807) is 12.3 Å². The van der Waals surface area contributed by atoms with Gasteiger partial charge < -0.3 is 15.7 Å². The summed E-state index contributed by atoms with van der Waals surface area (Å²) in [5.41, 5.74) is 6.16. The predicted octanol–water partition coefficient (Wildman–Crippen LogP) is -0.199. The van der Waals surface area contributed by atoms with Gasteiger partial charge in [0, 0.05) is 39.4 Å². The van der Waals surface area contributed by atoms with Gasteiger partial charge in [-0.05, 0) is 19.3 Å². The number of aromatic nitrogens is 2. The molecule has 0 atom stereocenters. The Hall–Kier alpha value is -1.40. The number of nitrogens with zero attached hydrogens (tertiary/aromatic N) is 3. The van der Waals surface area contributed by atoms with Gasteiger partial charge in [0.15, 0.2) is 0 Å². The van der Waals surface area contributed by atoms with Crippen molar-refractivity contribution >= 4 is 5.69 Å². The molecule has 1 aromatic heterocycles. The van der Waals surface area contributed by atoms with Crippen molar-refractivity contribution in [2.75, 3.05) is 31.6 Å². The van der Waals surface area contributed by atoms with E-state index in [0.29, 0.717) is 19.6 Å². The largest absolute Gasteiger partial charge is 0.396 e. The SMILES string of the molecule is CN(CCN)c1cnn(CCCCCO)c(=O)c1. The second kappa shape index (κ2) is 7.84. The first kappa shape index (κ1) is 14.7. The highest BCUT2D eigenvalue weighted by atomic mass is 16.2. The molecule has 0 radical (unpaired) electrons. The zero-order valence-corrected chi connectivity index (χ0v) is 10.9. The molecule has 18 heavy (non-hydrogen) atoms. The fourth-order valence-electron chi connectivity index (χ4n) is 1.67. The van der Waals surface area contributed by atoms with E-state index in [4.69, 9.17) is 10.8 Å².